The minimum atomic E-state index is -3.67. The summed E-state index contributed by atoms with van der Waals surface area (Å²) < 4.78 is 52.3. The zero-order valence-electron chi connectivity index (χ0n) is 10.3. The first-order valence-electron chi connectivity index (χ1n) is 6.12. The van der Waals surface area contributed by atoms with Gasteiger partial charge >= 0.3 is 0 Å². The second kappa shape index (κ2) is 5.83. The van der Waals surface area contributed by atoms with Gasteiger partial charge in [-0.1, -0.05) is 0 Å². The third kappa shape index (κ3) is 4.14. The molecule has 19 heavy (non-hydrogen) atoms. The van der Waals surface area contributed by atoms with Crippen LogP contribution in [-0.4, -0.2) is 27.3 Å². The van der Waals surface area contributed by atoms with Crippen molar-refractivity contribution in [3.05, 3.63) is 29.8 Å². The Morgan fingerprint density at radius 2 is 2.16 bits per heavy atom. The van der Waals surface area contributed by atoms with Gasteiger partial charge in [-0.15, -0.1) is 0 Å². The lowest BCUT2D eigenvalue weighted by molar-refractivity contribution is 0.404. The van der Waals surface area contributed by atoms with E-state index < -0.39 is 21.7 Å². The van der Waals surface area contributed by atoms with Crippen LogP contribution in [0, 0.1) is 17.6 Å². The Morgan fingerprint density at radius 1 is 1.37 bits per heavy atom. The van der Waals surface area contributed by atoms with Gasteiger partial charge in [0.2, 0.25) is 10.0 Å². The molecule has 0 spiro atoms. The van der Waals surface area contributed by atoms with Crippen LogP contribution < -0.4 is 10.0 Å². The summed E-state index contributed by atoms with van der Waals surface area (Å²) in [5.41, 5.74) is -0.344. The summed E-state index contributed by atoms with van der Waals surface area (Å²) in [4.78, 5) is 0. The zero-order chi connectivity index (χ0) is 13.9. The molecule has 0 aromatic heterocycles. The number of halogens is 2. The second-order valence-electron chi connectivity index (χ2n) is 4.72. The van der Waals surface area contributed by atoms with Crippen LogP contribution in [0.1, 0.15) is 12.8 Å². The molecule has 7 heteroatoms. The Bertz CT molecular complexity index is 543. The van der Waals surface area contributed by atoms with E-state index in [1.807, 2.05) is 0 Å². The molecule has 0 aliphatic carbocycles. The van der Waals surface area contributed by atoms with Crippen LogP contribution in [0.3, 0.4) is 0 Å². The average Bonchev–Trinajstić information content (AvgIpc) is 2.34. The van der Waals surface area contributed by atoms with Gasteiger partial charge in [0, 0.05) is 6.07 Å². The first-order valence-corrected chi connectivity index (χ1v) is 7.78. The summed E-state index contributed by atoms with van der Waals surface area (Å²) in [5, 5.41) is 3.12. The summed E-state index contributed by atoms with van der Waals surface area (Å²) >= 11 is 0. The van der Waals surface area contributed by atoms with E-state index in [4.69, 9.17) is 0 Å². The van der Waals surface area contributed by atoms with Crippen LogP contribution in [0.4, 0.5) is 14.5 Å². The molecule has 1 aromatic rings. The zero-order valence-corrected chi connectivity index (χ0v) is 11.1. The monoisotopic (exact) mass is 290 g/mol. The largest absolute Gasteiger partial charge is 0.316 e. The normalized spacial score (nSPS) is 20.2. The van der Waals surface area contributed by atoms with Gasteiger partial charge in [0.05, 0.1) is 11.4 Å². The van der Waals surface area contributed by atoms with Gasteiger partial charge in [-0.05, 0) is 44.0 Å². The molecular formula is C12H16F2N2O2S. The van der Waals surface area contributed by atoms with Crippen molar-refractivity contribution in [3.63, 3.8) is 0 Å². The predicted molar refractivity (Wildman–Crippen MR) is 69.4 cm³/mol. The highest BCUT2D eigenvalue weighted by Crippen LogP contribution is 2.19. The first-order chi connectivity index (χ1) is 8.96. The number of benzene rings is 1. The van der Waals surface area contributed by atoms with E-state index in [2.05, 4.69) is 10.0 Å². The SMILES string of the molecule is O=S(=O)(CC1CCCNC1)Nc1cc(F)ccc1F. The van der Waals surface area contributed by atoms with Gasteiger partial charge in [-0.25, -0.2) is 17.2 Å². The topological polar surface area (TPSA) is 58.2 Å². The van der Waals surface area contributed by atoms with Crippen molar-refractivity contribution in [2.75, 3.05) is 23.6 Å². The smallest absolute Gasteiger partial charge is 0.233 e. The van der Waals surface area contributed by atoms with Crippen LogP contribution >= 0.6 is 0 Å². The van der Waals surface area contributed by atoms with Crippen LogP contribution in [0.25, 0.3) is 0 Å². The fraction of sp³-hybridized carbons (Fsp3) is 0.500. The molecular weight excluding hydrogens is 274 g/mol. The predicted octanol–water partition coefficient (Wildman–Crippen LogP) is 1.71. The summed E-state index contributed by atoms with van der Waals surface area (Å²) in [5.74, 6) is -1.55. The van der Waals surface area contributed by atoms with Crippen molar-refractivity contribution in [2.45, 2.75) is 12.8 Å². The number of hydrogen-bond acceptors (Lipinski definition) is 3. The molecule has 106 valence electrons. The number of anilines is 1. The summed E-state index contributed by atoms with van der Waals surface area (Å²) in [6, 6.07) is 2.68. The van der Waals surface area contributed by atoms with Crippen LogP contribution in [0.15, 0.2) is 18.2 Å². The quantitative estimate of drug-likeness (QED) is 0.887. The van der Waals surface area contributed by atoms with Crippen molar-refractivity contribution < 1.29 is 17.2 Å². The van der Waals surface area contributed by atoms with Gasteiger partial charge in [-0.3, -0.25) is 4.72 Å². The van der Waals surface area contributed by atoms with Crippen LogP contribution in [0.5, 0.6) is 0 Å². The maximum Gasteiger partial charge on any atom is 0.233 e. The van der Waals surface area contributed by atoms with E-state index >= 15 is 0 Å². The molecule has 1 aromatic carbocycles. The Labute approximate surface area is 111 Å². The van der Waals surface area contributed by atoms with E-state index in [9.17, 15) is 17.2 Å². The molecule has 0 amide bonds. The first kappa shape index (κ1) is 14.2. The minimum absolute atomic E-state index is 0.00266. The van der Waals surface area contributed by atoms with Crippen LogP contribution in [-0.2, 0) is 10.0 Å². The molecule has 0 radical (unpaired) electrons. The summed E-state index contributed by atoms with van der Waals surface area (Å²) in [6.07, 6.45) is 1.74. The Balaban J connectivity index is 2.05. The Morgan fingerprint density at radius 3 is 2.84 bits per heavy atom. The van der Waals surface area contributed by atoms with E-state index in [1.165, 1.54) is 0 Å². The van der Waals surface area contributed by atoms with E-state index in [-0.39, 0.29) is 17.4 Å². The van der Waals surface area contributed by atoms with Gasteiger partial charge in [0.1, 0.15) is 11.6 Å². The average molecular weight is 290 g/mol. The fourth-order valence-corrected chi connectivity index (χ4v) is 3.64. The van der Waals surface area contributed by atoms with Crippen molar-refractivity contribution in [3.8, 4) is 0 Å². The standard InChI is InChI=1S/C12H16F2N2O2S/c13-10-3-4-11(14)12(6-10)16-19(17,18)8-9-2-1-5-15-7-9/h3-4,6,9,15-16H,1-2,5,7-8H2. The van der Waals surface area contributed by atoms with Crippen molar-refractivity contribution in [2.24, 2.45) is 5.92 Å². The third-order valence-corrected chi connectivity index (χ3v) is 4.49. The molecule has 1 aliphatic rings. The molecule has 1 aliphatic heterocycles. The lowest BCUT2D eigenvalue weighted by Crippen LogP contribution is -2.35. The number of nitrogens with one attached hydrogen (secondary N) is 2. The van der Waals surface area contributed by atoms with Gasteiger partial charge < -0.3 is 5.32 Å². The number of rotatable bonds is 4. The van der Waals surface area contributed by atoms with Gasteiger partial charge in [-0.2, -0.15) is 0 Å². The molecule has 1 saturated heterocycles. The van der Waals surface area contributed by atoms with Crippen molar-refractivity contribution >= 4 is 15.7 Å². The van der Waals surface area contributed by atoms with Crippen molar-refractivity contribution in [1.82, 2.24) is 5.32 Å². The Hall–Kier alpha value is -1.21. The molecule has 4 nitrogen and oxygen atoms in total. The lowest BCUT2D eigenvalue weighted by atomic mass is 10.0. The molecule has 0 bridgehead atoms. The highest BCUT2D eigenvalue weighted by molar-refractivity contribution is 7.92. The third-order valence-electron chi connectivity index (χ3n) is 3.05. The summed E-state index contributed by atoms with van der Waals surface area (Å²) in [7, 11) is -3.67. The molecule has 2 N–H and O–H groups in total. The number of hydrogen-bond donors (Lipinski definition) is 2. The molecule has 2 rings (SSSR count). The summed E-state index contributed by atoms with van der Waals surface area (Å²) in [6.45, 7) is 1.52. The highest BCUT2D eigenvalue weighted by atomic mass is 32.2. The van der Waals surface area contributed by atoms with Gasteiger partial charge in [0.25, 0.3) is 0 Å². The molecule has 1 atom stereocenters. The Kier molecular flexibility index (Phi) is 4.36. The number of sulfonamides is 1. The van der Waals surface area contributed by atoms with E-state index in [0.29, 0.717) is 6.54 Å². The fourth-order valence-electron chi connectivity index (χ4n) is 2.16. The number of piperidine rings is 1. The minimum Gasteiger partial charge on any atom is -0.316 e. The molecule has 1 unspecified atom stereocenters. The second-order valence-corrected chi connectivity index (χ2v) is 6.49. The molecule has 1 fully saturated rings. The van der Waals surface area contributed by atoms with Gasteiger partial charge in [0.15, 0.2) is 0 Å². The molecule has 1 heterocycles. The maximum atomic E-state index is 13.4. The van der Waals surface area contributed by atoms with Crippen molar-refractivity contribution in [1.29, 1.82) is 0 Å². The van der Waals surface area contributed by atoms with E-state index in [1.54, 1.807) is 0 Å². The molecule has 0 saturated carbocycles. The maximum absolute atomic E-state index is 13.4. The lowest BCUT2D eigenvalue weighted by Gasteiger charge is -2.22. The van der Waals surface area contributed by atoms with E-state index in [0.717, 1.165) is 37.6 Å². The highest BCUT2D eigenvalue weighted by Gasteiger charge is 2.22. The van der Waals surface area contributed by atoms with Crippen LogP contribution in [0.2, 0.25) is 0 Å².